The summed E-state index contributed by atoms with van der Waals surface area (Å²) in [6.45, 7) is 0. The van der Waals surface area contributed by atoms with E-state index in [1.165, 1.54) is 0 Å². The third-order valence-electron chi connectivity index (χ3n) is 3.33. The average molecular weight is 295 g/mol. The van der Waals surface area contributed by atoms with Crippen LogP contribution in [0.5, 0.6) is 17.2 Å². The number of hydrogen-bond donors (Lipinski definition) is 0. The number of ketones is 1. The number of rotatable bonds is 4. The van der Waals surface area contributed by atoms with E-state index in [-0.39, 0.29) is 12.2 Å². The number of nitriles is 1. The molecule has 0 saturated heterocycles. The molecule has 1 heterocycles. The Balaban J connectivity index is 1.70. The number of fused-ring (bicyclic) bond motifs is 1. The van der Waals surface area contributed by atoms with Crippen molar-refractivity contribution in [1.82, 2.24) is 0 Å². The van der Waals surface area contributed by atoms with E-state index < -0.39 is 6.29 Å². The van der Waals surface area contributed by atoms with E-state index in [0.717, 1.165) is 0 Å². The number of carbonyl (C=O) groups is 1. The molecule has 22 heavy (non-hydrogen) atoms. The second-order valence-corrected chi connectivity index (χ2v) is 4.80. The minimum atomic E-state index is -0.678. The lowest BCUT2D eigenvalue weighted by molar-refractivity contribution is 0.0392. The maximum absolute atomic E-state index is 12.3. The van der Waals surface area contributed by atoms with Crippen LogP contribution in [0.2, 0.25) is 0 Å². The van der Waals surface area contributed by atoms with Gasteiger partial charge in [0.1, 0.15) is 5.75 Å². The lowest BCUT2D eigenvalue weighted by Gasteiger charge is -2.09. The zero-order chi connectivity index (χ0) is 15.5. The Kier molecular flexibility index (Phi) is 3.67. The average Bonchev–Trinajstić information content (AvgIpc) is 2.95. The molecule has 110 valence electrons. The minimum absolute atomic E-state index is 0.0870. The highest BCUT2D eigenvalue weighted by atomic mass is 16.7. The molecule has 2 aromatic rings. The van der Waals surface area contributed by atoms with Gasteiger partial charge in [-0.3, -0.25) is 4.79 Å². The Labute approximate surface area is 127 Å². The van der Waals surface area contributed by atoms with Crippen LogP contribution in [0.25, 0.3) is 0 Å². The molecule has 0 amide bonds. The van der Waals surface area contributed by atoms with Crippen molar-refractivity contribution in [3.05, 3.63) is 53.6 Å². The van der Waals surface area contributed by atoms with Crippen molar-refractivity contribution in [3.8, 4) is 23.3 Å². The Morgan fingerprint density at radius 1 is 1.23 bits per heavy atom. The van der Waals surface area contributed by atoms with Crippen LogP contribution >= 0.6 is 0 Å². The first-order valence-corrected chi connectivity index (χ1v) is 6.74. The summed E-state index contributed by atoms with van der Waals surface area (Å²) in [5.41, 5.74) is 1.03. The molecule has 3 rings (SSSR count). The molecule has 0 radical (unpaired) electrons. The largest absolute Gasteiger partial charge is 0.497 e. The van der Waals surface area contributed by atoms with Gasteiger partial charge in [-0.25, -0.2) is 0 Å². The standard InChI is InChI=1S/C17H13NO4/c1-20-13-4-2-3-12(8-13)14(19)9-17-21-15-6-5-11(10-18)7-16(15)22-17/h2-8,17H,9H2,1H3. The second kappa shape index (κ2) is 5.78. The van der Waals surface area contributed by atoms with Gasteiger partial charge in [-0.2, -0.15) is 5.26 Å². The molecule has 1 aliphatic rings. The fourth-order valence-electron chi connectivity index (χ4n) is 2.22. The van der Waals surface area contributed by atoms with Crippen molar-refractivity contribution >= 4 is 5.78 Å². The molecule has 0 saturated carbocycles. The Morgan fingerprint density at radius 3 is 2.82 bits per heavy atom. The van der Waals surface area contributed by atoms with Gasteiger partial charge < -0.3 is 14.2 Å². The van der Waals surface area contributed by atoms with Crippen LogP contribution in [0.1, 0.15) is 22.3 Å². The highest BCUT2D eigenvalue weighted by molar-refractivity contribution is 5.96. The lowest BCUT2D eigenvalue weighted by Crippen LogP contribution is -2.22. The molecule has 1 unspecified atom stereocenters. The predicted molar refractivity (Wildman–Crippen MR) is 78.1 cm³/mol. The molecule has 2 aromatic carbocycles. The van der Waals surface area contributed by atoms with Crippen LogP contribution in [0.4, 0.5) is 0 Å². The summed E-state index contributed by atoms with van der Waals surface area (Å²) < 4.78 is 16.2. The van der Waals surface area contributed by atoms with E-state index in [1.54, 1.807) is 49.6 Å². The number of nitrogens with zero attached hydrogens (tertiary/aromatic N) is 1. The molecular formula is C17H13NO4. The smallest absolute Gasteiger partial charge is 0.248 e. The molecule has 0 bridgehead atoms. The Hall–Kier alpha value is -3.00. The number of Topliss-reactive ketones (excluding diaryl/α,β-unsaturated/α-hetero) is 1. The van der Waals surface area contributed by atoms with Gasteiger partial charge in [-0.15, -0.1) is 0 Å². The molecule has 5 nitrogen and oxygen atoms in total. The molecule has 0 N–H and O–H groups in total. The normalized spacial score (nSPS) is 15.2. The quantitative estimate of drug-likeness (QED) is 0.811. The first-order chi connectivity index (χ1) is 10.7. The van der Waals surface area contributed by atoms with E-state index in [9.17, 15) is 4.79 Å². The first kappa shape index (κ1) is 14.0. The Bertz CT molecular complexity index is 763. The molecule has 1 atom stereocenters. The van der Waals surface area contributed by atoms with Crippen molar-refractivity contribution in [2.45, 2.75) is 12.7 Å². The van der Waals surface area contributed by atoms with Crippen LogP contribution < -0.4 is 14.2 Å². The highest BCUT2D eigenvalue weighted by Crippen LogP contribution is 2.36. The van der Waals surface area contributed by atoms with Crippen molar-refractivity contribution in [2.24, 2.45) is 0 Å². The number of benzene rings is 2. The zero-order valence-corrected chi connectivity index (χ0v) is 11.9. The van der Waals surface area contributed by atoms with Gasteiger partial charge in [0.25, 0.3) is 0 Å². The topological polar surface area (TPSA) is 68.5 Å². The van der Waals surface area contributed by atoms with Crippen LogP contribution in [0, 0.1) is 11.3 Å². The lowest BCUT2D eigenvalue weighted by atomic mass is 10.1. The van der Waals surface area contributed by atoms with E-state index in [0.29, 0.717) is 28.4 Å². The number of methoxy groups -OCH3 is 1. The SMILES string of the molecule is COc1cccc(C(=O)CC2Oc3ccc(C#N)cc3O2)c1. The minimum Gasteiger partial charge on any atom is -0.497 e. The molecule has 0 aliphatic carbocycles. The third-order valence-corrected chi connectivity index (χ3v) is 3.33. The van der Waals surface area contributed by atoms with Crippen molar-refractivity contribution < 1.29 is 19.0 Å². The van der Waals surface area contributed by atoms with Crippen LogP contribution in [0.3, 0.4) is 0 Å². The second-order valence-electron chi connectivity index (χ2n) is 4.80. The fraction of sp³-hybridized carbons (Fsp3) is 0.176. The molecule has 0 spiro atoms. The highest BCUT2D eigenvalue weighted by Gasteiger charge is 2.27. The number of ether oxygens (including phenoxy) is 3. The summed E-state index contributed by atoms with van der Waals surface area (Å²) in [4.78, 5) is 12.3. The molecule has 5 heteroatoms. The summed E-state index contributed by atoms with van der Waals surface area (Å²) >= 11 is 0. The van der Waals surface area contributed by atoms with Crippen LogP contribution in [-0.4, -0.2) is 19.2 Å². The molecule has 0 aromatic heterocycles. The first-order valence-electron chi connectivity index (χ1n) is 6.74. The number of hydrogen-bond acceptors (Lipinski definition) is 5. The van der Waals surface area contributed by atoms with Crippen molar-refractivity contribution in [2.75, 3.05) is 7.11 Å². The van der Waals surface area contributed by atoms with Gasteiger partial charge in [0.2, 0.25) is 6.29 Å². The summed E-state index contributed by atoms with van der Waals surface area (Å²) in [6.07, 6.45) is -0.591. The Morgan fingerprint density at radius 2 is 2.05 bits per heavy atom. The summed E-state index contributed by atoms with van der Waals surface area (Å²) in [6, 6.07) is 13.9. The van der Waals surface area contributed by atoms with Gasteiger partial charge in [-0.05, 0) is 24.3 Å². The summed E-state index contributed by atoms with van der Waals surface area (Å²) in [5.74, 6) is 1.56. The van der Waals surface area contributed by atoms with E-state index in [2.05, 4.69) is 0 Å². The van der Waals surface area contributed by atoms with Crippen LogP contribution in [-0.2, 0) is 0 Å². The summed E-state index contributed by atoms with van der Waals surface area (Å²) in [5, 5.41) is 8.87. The van der Waals surface area contributed by atoms with E-state index >= 15 is 0 Å². The van der Waals surface area contributed by atoms with Gasteiger partial charge >= 0.3 is 0 Å². The maximum Gasteiger partial charge on any atom is 0.248 e. The van der Waals surface area contributed by atoms with Gasteiger partial charge in [0, 0.05) is 11.6 Å². The molecule has 0 fully saturated rings. The monoisotopic (exact) mass is 295 g/mol. The van der Waals surface area contributed by atoms with Gasteiger partial charge in [0.05, 0.1) is 25.2 Å². The zero-order valence-electron chi connectivity index (χ0n) is 11.9. The van der Waals surface area contributed by atoms with Gasteiger partial charge in [-0.1, -0.05) is 12.1 Å². The fourth-order valence-corrected chi connectivity index (χ4v) is 2.22. The third kappa shape index (κ3) is 2.72. The van der Waals surface area contributed by atoms with Gasteiger partial charge in [0.15, 0.2) is 17.3 Å². The summed E-state index contributed by atoms with van der Waals surface area (Å²) in [7, 11) is 1.55. The van der Waals surface area contributed by atoms with E-state index in [1.807, 2.05) is 6.07 Å². The van der Waals surface area contributed by atoms with Crippen molar-refractivity contribution in [1.29, 1.82) is 5.26 Å². The predicted octanol–water partition coefficient (Wildman–Crippen LogP) is 2.94. The van der Waals surface area contributed by atoms with Crippen molar-refractivity contribution in [3.63, 3.8) is 0 Å². The van der Waals surface area contributed by atoms with E-state index in [4.69, 9.17) is 19.5 Å². The van der Waals surface area contributed by atoms with Crippen LogP contribution in [0.15, 0.2) is 42.5 Å². The molecular weight excluding hydrogens is 282 g/mol. The maximum atomic E-state index is 12.3. The number of carbonyl (C=O) groups excluding carboxylic acids is 1. The molecule has 1 aliphatic heterocycles.